The van der Waals surface area contributed by atoms with Gasteiger partial charge in [0.15, 0.2) is 0 Å². The fraction of sp³-hybridized carbons (Fsp3) is 0.208. The van der Waals surface area contributed by atoms with Crippen molar-refractivity contribution in [3.8, 4) is 28.1 Å². The number of alkyl halides is 3. The van der Waals surface area contributed by atoms with E-state index in [0.717, 1.165) is 17.8 Å². The minimum Gasteiger partial charge on any atom is -0.491 e. The molecule has 0 amide bonds. The molecule has 2 aromatic carbocycles. The van der Waals surface area contributed by atoms with Crippen molar-refractivity contribution in [1.29, 1.82) is 0 Å². The van der Waals surface area contributed by atoms with Crippen LogP contribution < -0.4 is 4.74 Å². The second-order valence-corrected chi connectivity index (χ2v) is 7.99. The van der Waals surface area contributed by atoms with Gasteiger partial charge in [0.25, 0.3) is 0 Å². The first-order valence-electron chi connectivity index (χ1n) is 9.93. The van der Waals surface area contributed by atoms with E-state index < -0.39 is 11.7 Å². The fourth-order valence-electron chi connectivity index (χ4n) is 3.62. The number of nitrogens with one attached hydrogen (secondary N) is 1. The summed E-state index contributed by atoms with van der Waals surface area (Å²) in [6, 6.07) is 13.3. The third-order valence-corrected chi connectivity index (χ3v) is 5.43. The predicted molar refractivity (Wildman–Crippen MR) is 119 cm³/mol. The first-order valence-corrected chi connectivity index (χ1v) is 10.3. The van der Waals surface area contributed by atoms with Crippen LogP contribution in [0.25, 0.3) is 33.3 Å². The Bertz CT molecular complexity index is 1250. The monoisotopic (exact) mass is 460 g/mol. The van der Waals surface area contributed by atoms with Crippen LogP contribution in [0, 0.1) is 0 Å². The number of pyridine rings is 1. The van der Waals surface area contributed by atoms with E-state index in [1.807, 2.05) is 38.1 Å². The lowest BCUT2D eigenvalue weighted by atomic mass is 9.93. The Morgan fingerprint density at radius 1 is 1.06 bits per heavy atom. The Labute approximate surface area is 187 Å². The van der Waals surface area contributed by atoms with Crippen LogP contribution in [0.5, 0.6) is 5.75 Å². The Morgan fingerprint density at radius 2 is 1.78 bits per heavy atom. The van der Waals surface area contributed by atoms with E-state index in [0.29, 0.717) is 44.2 Å². The summed E-state index contributed by atoms with van der Waals surface area (Å²) in [4.78, 5) is 7.17. The summed E-state index contributed by atoms with van der Waals surface area (Å²) in [6.45, 7) is 3.58. The Hall–Kier alpha value is -3.03. The molecule has 0 spiro atoms. The van der Waals surface area contributed by atoms with Crippen LogP contribution in [0.1, 0.15) is 25.1 Å². The second kappa shape index (κ2) is 8.48. The number of aliphatic hydroxyl groups is 1. The van der Waals surface area contributed by atoms with Gasteiger partial charge in [-0.15, -0.1) is 0 Å². The minimum absolute atomic E-state index is 0.0161. The standard InChI is InChI=1S/C24H20ClF3N2O2/c1-13(2)32-16-6-3-14(4-7-16)21-17(18-9-5-15(11-29-18)24(26,27)28)8-10-19-22(21)23(25)20(12-31)30-19/h3-11,13,30-31H,12H2,1-2H3. The van der Waals surface area contributed by atoms with E-state index in [2.05, 4.69) is 9.97 Å². The van der Waals surface area contributed by atoms with Gasteiger partial charge in [-0.2, -0.15) is 13.2 Å². The van der Waals surface area contributed by atoms with E-state index in [1.54, 1.807) is 12.1 Å². The molecule has 0 saturated carbocycles. The van der Waals surface area contributed by atoms with Gasteiger partial charge in [-0.05, 0) is 49.7 Å². The quantitative estimate of drug-likeness (QED) is 0.342. The molecule has 2 N–H and O–H groups in total. The van der Waals surface area contributed by atoms with Crippen molar-refractivity contribution in [2.24, 2.45) is 0 Å². The predicted octanol–water partition coefficient (Wildman–Crippen LogP) is 6.85. The summed E-state index contributed by atoms with van der Waals surface area (Å²) in [7, 11) is 0. The zero-order valence-electron chi connectivity index (χ0n) is 17.3. The number of rotatable bonds is 5. The lowest BCUT2D eigenvalue weighted by Gasteiger charge is -2.14. The Balaban J connectivity index is 1.93. The number of ether oxygens (including phenoxy) is 1. The molecule has 32 heavy (non-hydrogen) atoms. The molecule has 2 aromatic heterocycles. The smallest absolute Gasteiger partial charge is 0.417 e. The normalized spacial score (nSPS) is 12.0. The average Bonchev–Trinajstić information content (AvgIpc) is 3.08. The van der Waals surface area contributed by atoms with Crippen LogP contribution in [-0.2, 0) is 12.8 Å². The number of hydrogen-bond donors (Lipinski definition) is 2. The highest BCUT2D eigenvalue weighted by Gasteiger charge is 2.31. The van der Waals surface area contributed by atoms with E-state index in [4.69, 9.17) is 16.3 Å². The van der Waals surface area contributed by atoms with Gasteiger partial charge in [0.1, 0.15) is 5.75 Å². The Kier molecular flexibility index (Phi) is 5.88. The van der Waals surface area contributed by atoms with Crippen LogP contribution in [-0.4, -0.2) is 21.2 Å². The maximum Gasteiger partial charge on any atom is 0.417 e. The third-order valence-electron chi connectivity index (χ3n) is 5.01. The van der Waals surface area contributed by atoms with Gasteiger partial charge in [0.2, 0.25) is 0 Å². The van der Waals surface area contributed by atoms with Gasteiger partial charge >= 0.3 is 6.18 Å². The molecule has 2 heterocycles. The van der Waals surface area contributed by atoms with Crippen LogP contribution in [0.4, 0.5) is 13.2 Å². The number of nitrogens with zero attached hydrogens (tertiary/aromatic N) is 1. The molecule has 8 heteroatoms. The number of H-pyrrole nitrogens is 1. The lowest BCUT2D eigenvalue weighted by Crippen LogP contribution is -2.05. The largest absolute Gasteiger partial charge is 0.491 e. The molecule has 4 rings (SSSR count). The number of halogens is 4. The zero-order chi connectivity index (χ0) is 23.0. The number of fused-ring (bicyclic) bond motifs is 1. The highest BCUT2D eigenvalue weighted by Crippen LogP contribution is 2.42. The van der Waals surface area contributed by atoms with E-state index in [-0.39, 0.29) is 12.7 Å². The van der Waals surface area contributed by atoms with Gasteiger partial charge in [0, 0.05) is 28.2 Å². The fourth-order valence-corrected chi connectivity index (χ4v) is 3.92. The maximum absolute atomic E-state index is 13.0. The summed E-state index contributed by atoms with van der Waals surface area (Å²) >= 11 is 6.57. The molecule has 0 aliphatic carbocycles. The molecular weight excluding hydrogens is 441 g/mol. The van der Waals surface area contributed by atoms with Crippen molar-refractivity contribution in [3.63, 3.8) is 0 Å². The van der Waals surface area contributed by atoms with Crippen LogP contribution in [0.15, 0.2) is 54.7 Å². The highest BCUT2D eigenvalue weighted by atomic mass is 35.5. The van der Waals surface area contributed by atoms with Gasteiger partial charge in [-0.1, -0.05) is 29.8 Å². The summed E-state index contributed by atoms with van der Waals surface area (Å²) in [5, 5.41) is 10.7. The number of aromatic amines is 1. The van der Waals surface area contributed by atoms with Gasteiger partial charge in [-0.3, -0.25) is 4.98 Å². The molecule has 0 radical (unpaired) electrons. The summed E-state index contributed by atoms with van der Waals surface area (Å²) in [6.07, 6.45) is -3.63. The zero-order valence-corrected chi connectivity index (χ0v) is 18.1. The minimum atomic E-state index is -4.47. The molecule has 0 aliphatic rings. The molecule has 0 bridgehead atoms. The summed E-state index contributed by atoms with van der Waals surface area (Å²) < 4.78 is 44.7. The van der Waals surface area contributed by atoms with Crippen molar-refractivity contribution in [1.82, 2.24) is 9.97 Å². The summed E-state index contributed by atoms with van der Waals surface area (Å²) in [5.41, 5.74) is 2.82. The molecule has 0 aliphatic heterocycles. The van der Waals surface area contributed by atoms with Crippen LogP contribution >= 0.6 is 11.6 Å². The Morgan fingerprint density at radius 3 is 2.34 bits per heavy atom. The number of hydrogen-bond acceptors (Lipinski definition) is 3. The molecule has 4 aromatic rings. The molecule has 0 fully saturated rings. The second-order valence-electron chi connectivity index (χ2n) is 7.61. The topological polar surface area (TPSA) is 58.1 Å². The first-order chi connectivity index (χ1) is 15.2. The van der Waals surface area contributed by atoms with Crippen LogP contribution in [0.3, 0.4) is 0 Å². The molecule has 0 unspecified atom stereocenters. The van der Waals surface area contributed by atoms with Crippen molar-refractivity contribution in [2.75, 3.05) is 0 Å². The van der Waals surface area contributed by atoms with Crippen LogP contribution in [0.2, 0.25) is 5.02 Å². The van der Waals surface area contributed by atoms with Crippen molar-refractivity contribution < 1.29 is 23.0 Å². The van der Waals surface area contributed by atoms with E-state index in [9.17, 15) is 18.3 Å². The third kappa shape index (κ3) is 4.18. The number of benzene rings is 2. The number of aliphatic hydroxyl groups excluding tert-OH is 1. The first kappa shape index (κ1) is 22.2. The molecule has 4 nitrogen and oxygen atoms in total. The van der Waals surface area contributed by atoms with Gasteiger partial charge in [-0.25, -0.2) is 0 Å². The summed E-state index contributed by atoms with van der Waals surface area (Å²) in [5.74, 6) is 0.696. The average molecular weight is 461 g/mol. The van der Waals surface area contributed by atoms with Crippen molar-refractivity contribution in [3.05, 3.63) is 71.0 Å². The van der Waals surface area contributed by atoms with Gasteiger partial charge < -0.3 is 14.8 Å². The van der Waals surface area contributed by atoms with Gasteiger partial charge in [0.05, 0.1) is 34.7 Å². The molecular formula is C24H20ClF3N2O2. The lowest BCUT2D eigenvalue weighted by molar-refractivity contribution is -0.137. The molecule has 166 valence electrons. The maximum atomic E-state index is 13.0. The number of aromatic nitrogens is 2. The van der Waals surface area contributed by atoms with E-state index in [1.165, 1.54) is 6.07 Å². The highest BCUT2D eigenvalue weighted by molar-refractivity contribution is 6.38. The van der Waals surface area contributed by atoms with Crippen molar-refractivity contribution in [2.45, 2.75) is 32.7 Å². The molecule has 0 atom stereocenters. The molecule has 0 saturated heterocycles. The SMILES string of the molecule is CC(C)Oc1ccc(-c2c(-c3ccc(C(F)(F)F)cn3)ccc3[nH]c(CO)c(Cl)c23)cc1. The van der Waals surface area contributed by atoms with Crippen molar-refractivity contribution >= 4 is 22.5 Å². The van der Waals surface area contributed by atoms with E-state index >= 15 is 0 Å².